The summed E-state index contributed by atoms with van der Waals surface area (Å²) < 4.78 is 13.5. The van der Waals surface area contributed by atoms with Gasteiger partial charge in [0.15, 0.2) is 0 Å². The minimum absolute atomic E-state index is 0.122. The Kier molecular flexibility index (Phi) is 5.66. The van der Waals surface area contributed by atoms with Crippen LogP contribution in [0, 0.1) is 5.82 Å². The first-order valence-electron chi connectivity index (χ1n) is 6.72. The molecule has 0 aliphatic carbocycles. The van der Waals surface area contributed by atoms with Crippen LogP contribution in [0.25, 0.3) is 0 Å². The fraction of sp³-hybridized carbons (Fsp3) is 0.429. The number of hydrogen-bond donors (Lipinski definition) is 2. The van der Waals surface area contributed by atoms with Gasteiger partial charge in [-0.2, -0.15) is 0 Å². The summed E-state index contributed by atoms with van der Waals surface area (Å²) >= 11 is 8.11. The van der Waals surface area contributed by atoms with Crippen LogP contribution in [0.2, 0.25) is 0 Å². The monoisotopic (exact) mass is 373 g/mol. The quantitative estimate of drug-likeness (QED) is 0.793. The molecule has 1 aliphatic rings. The lowest BCUT2D eigenvalue weighted by Gasteiger charge is -2.32. The molecule has 1 fully saturated rings. The molecule has 0 spiro atoms. The number of amides is 1. The number of hydrogen-bond acceptors (Lipinski definition) is 3. The first kappa shape index (κ1) is 16.3. The van der Waals surface area contributed by atoms with Crippen LogP contribution in [-0.2, 0) is 0 Å². The fourth-order valence-corrected chi connectivity index (χ4v) is 3.11. The molecule has 3 N–H and O–H groups in total. The summed E-state index contributed by atoms with van der Waals surface area (Å²) in [5, 5.41) is 2.99. The highest BCUT2D eigenvalue weighted by Crippen LogP contribution is 2.19. The molecule has 1 aromatic carbocycles. The minimum Gasteiger partial charge on any atom is -0.392 e. The standard InChI is InChI=1S/C14H17BrFN3OS/c15-12-7-9(16)1-2-11(12)14(20)18-10-3-5-19(6-4-10)8-13(17)21/h1-2,7,10H,3-6,8H2,(H2,17,21)(H,18,20). The SMILES string of the molecule is NC(=S)CN1CCC(NC(=O)c2ccc(F)cc2Br)CC1. The molecular weight excluding hydrogens is 357 g/mol. The van der Waals surface area contributed by atoms with Crippen molar-refractivity contribution in [3.63, 3.8) is 0 Å². The number of carbonyl (C=O) groups is 1. The van der Waals surface area contributed by atoms with Crippen LogP contribution >= 0.6 is 28.1 Å². The summed E-state index contributed by atoms with van der Waals surface area (Å²) in [6.07, 6.45) is 1.71. The van der Waals surface area contributed by atoms with E-state index in [-0.39, 0.29) is 17.8 Å². The molecule has 21 heavy (non-hydrogen) atoms. The number of piperidine rings is 1. The highest BCUT2D eigenvalue weighted by atomic mass is 79.9. The van der Waals surface area contributed by atoms with Gasteiger partial charge in [0.05, 0.1) is 10.6 Å². The molecule has 7 heteroatoms. The zero-order chi connectivity index (χ0) is 15.4. The Morgan fingerprint density at radius 3 is 2.71 bits per heavy atom. The lowest BCUT2D eigenvalue weighted by Crippen LogP contribution is -2.46. The van der Waals surface area contributed by atoms with Crippen molar-refractivity contribution < 1.29 is 9.18 Å². The Bertz CT molecular complexity index is 547. The smallest absolute Gasteiger partial charge is 0.252 e. The second-order valence-electron chi connectivity index (χ2n) is 5.11. The molecule has 0 aromatic heterocycles. The van der Waals surface area contributed by atoms with E-state index in [1.165, 1.54) is 18.2 Å². The van der Waals surface area contributed by atoms with Gasteiger partial charge in [0.25, 0.3) is 5.91 Å². The maximum absolute atomic E-state index is 13.0. The van der Waals surface area contributed by atoms with E-state index in [9.17, 15) is 9.18 Å². The molecule has 2 rings (SSSR count). The van der Waals surface area contributed by atoms with Crippen LogP contribution in [0.1, 0.15) is 23.2 Å². The lowest BCUT2D eigenvalue weighted by molar-refractivity contribution is 0.0914. The number of nitrogens with zero attached hydrogens (tertiary/aromatic N) is 1. The van der Waals surface area contributed by atoms with Crippen LogP contribution in [0.5, 0.6) is 0 Å². The maximum Gasteiger partial charge on any atom is 0.252 e. The average molecular weight is 374 g/mol. The Balaban J connectivity index is 1.88. The topological polar surface area (TPSA) is 58.4 Å². The Morgan fingerprint density at radius 2 is 2.14 bits per heavy atom. The number of carbonyl (C=O) groups excluding carboxylic acids is 1. The summed E-state index contributed by atoms with van der Waals surface area (Å²) in [6.45, 7) is 2.33. The van der Waals surface area contributed by atoms with E-state index in [4.69, 9.17) is 18.0 Å². The molecule has 0 unspecified atom stereocenters. The number of benzene rings is 1. The molecule has 1 aliphatic heterocycles. The van der Waals surface area contributed by atoms with E-state index < -0.39 is 0 Å². The van der Waals surface area contributed by atoms with Gasteiger partial charge in [-0.25, -0.2) is 4.39 Å². The number of nitrogens with one attached hydrogen (secondary N) is 1. The van der Waals surface area contributed by atoms with Gasteiger partial charge in [-0.15, -0.1) is 0 Å². The normalized spacial score (nSPS) is 16.7. The summed E-state index contributed by atoms with van der Waals surface area (Å²) in [4.78, 5) is 14.9. The molecule has 0 radical (unpaired) electrons. The van der Waals surface area contributed by atoms with Gasteiger partial charge in [-0.1, -0.05) is 12.2 Å². The molecule has 1 aromatic rings. The molecule has 0 bridgehead atoms. The van der Waals surface area contributed by atoms with Gasteiger partial charge in [0.2, 0.25) is 0 Å². The predicted molar refractivity (Wildman–Crippen MR) is 87.8 cm³/mol. The third-order valence-corrected chi connectivity index (χ3v) is 4.26. The van der Waals surface area contributed by atoms with Gasteiger partial charge in [-0.3, -0.25) is 9.69 Å². The highest BCUT2D eigenvalue weighted by molar-refractivity contribution is 9.10. The number of thiocarbonyl (C=S) groups is 1. The highest BCUT2D eigenvalue weighted by Gasteiger charge is 2.22. The van der Waals surface area contributed by atoms with Crippen LogP contribution in [0.4, 0.5) is 4.39 Å². The van der Waals surface area contributed by atoms with Gasteiger partial charge >= 0.3 is 0 Å². The Hall–Kier alpha value is -1.05. The van der Waals surface area contributed by atoms with E-state index in [1.54, 1.807) is 0 Å². The number of nitrogens with two attached hydrogens (primary N) is 1. The summed E-state index contributed by atoms with van der Waals surface area (Å²) in [7, 11) is 0. The van der Waals surface area contributed by atoms with Crippen LogP contribution in [0.3, 0.4) is 0 Å². The fourth-order valence-electron chi connectivity index (χ4n) is 2.39. The van der Waals surface area contributed by atoms with Crippen LogP contribution in [0.15, 0.2) is 22.7 Å². The van der Waals surface area contributed by atoms with Crippen LogP contribution < -0.4 is 11.1 Å². The van der Waals surface area contributed by atoms with Crippen molar-refractivity contribution in [3.05, 3.63) is 34.1 Å². The minimum atomic E-state index is -0.371. The first-order chi connectivity index (χ1) is 9.95. The first-order valence-corrected chi connectivity index (χ1v) is 7.92. The third kappa shape index (κ3) is 4.72. The van der Waals surface area contributed by atoms with Crippen molar-refractivity contribution in [2.75, 3.05) is 19.6 Å². The van der Waals surface area contributed by atoms with Gasteiger partial charge in [0, 0.05) is 30.1 Å². The third-order valence-electron chi connectivity index (χ3n) is 3.48. The van der Waals surface area contributed by atoms with E-state index in [0.29, 0.717) is 21.6 Å². The molecular formula is C14H17BrFN3OS. The average Bonchev–Trinajstić information content (AvgIpc) is 2.40. The molecule has 4 nitrogen and oxygen atoms in total. The van der Waals surface area contributed by atoms with E-state index in [1.807, 2.05) is 0 Å². The van der Waals surface area contributed by atoms with E-state index in [0.717, 1.165) is 25.9 Å². The van der Waals surface area contributed by atoms with Crippen molar-refractivity contribution in [1.82, 2.24) is 10.2 Å². The largest absolute Gasteiger partial charge is 0.392 e. The van der Waals surface area contributed by atoms with Gasteiger partial charge in [-0.05, 0) is 47.0 Å². The van der Waals surface area contributed by atoms with Gasteiger partial charge in [0.1, 0.15) is 5.82 Å². The molecule has 114 valence electrons. The summed E-state index contributed by atoms with van der Waals surface area (Å²) in [5.74, 6) is -0.556. The molecule has 1 saturated heterocycles. The number of likely N-dealkylation sites (tertiary alicyclic amines) is 1. The molecule has 1 heterocycles. The van der Waals surface area contributed by atoms with Gasteiger partial charge < -0.3 is 11.1 Å². The van der Waals surface area contributed by atoms with Crippen molar-refractivity contribution in [2.24, 2.45) is 5.73 Å². The van der Waals surface area contributed by atoms with Crippen molar-refractivity contribution in [1.29, 1.82) is 0 Å². The lowest BCUT2D eigenvalue weighted by atomic mass is 10.0. The molecule has 0 atom stereocenters. The zero-order valence-corrected chi connectivity index (χ0v) is 13.8. The molecule has 0 saturated carbocycles. The van der Waals surface area contributed by atoms with Crippen molar-refractivity contribution >= 4 is 39.0 Å². The summed E-state index contributed by atoms with van der Waals surface area (Å²) in [6, 6.07) is 4.18. The molecule has 1 amide bonds. The zero-order valence-electron chi connectivity index (χ0n) is 11.4. The van der Waals surface area contributed by atoms with E-state index in [2.05, 4.69) is 26.1 Å². The maximum atomic E-state index is 13.0. The summed E-state index contributed by atoms with van der Waals surface area (Å²) in [5.41, 5.74) is 5.97. The van der Waals surface area contributed by atoms with E-state index >= 15 is 0 Å². The predicted octanol–water partition coefficient (Wildman–Crippen LogP) is 2.07. The second-order valence-corrected chi connectivity index (χ2v) is 6.49. The Labute approximate surface area is 137 Å². The second kappa shape index (κ2) is 7.29. The Morgan fingerprint density at radius 1 is 1.48 bits per heavy atom. The van der Waals surface area contributed by atoms with Crippen LogP contribution in [-0.4, -0.2) is 41.5 Å². The van der Waals surface area contributed by atoms with Crippen molar-refractivity contribution in [2.45, 2.75) is 18.9 Å². The number of rotatable bonds is 4. The van der Waals surface area contributed by atoms with Crippen molar-refractivity contribution in [3.8, 4) is 0 Å². The number of halogens is 2.